The fourth-order valence-electron chi connectivity index (χ4n) is 6.63. The van der Waals surface area contributed by atoms with Crippen molar-refractivity contribution >= 4 is 43.6 Å². The van der Waals surface area contributed by atoms with Crippen LogP contribution in [0.2, 0.25) is 0 Å². The molecule has 2 heterocycles. The van der Waals surface area contributed by atoms with E-state index in [1.165, 1.54) is 77.1 Å². The van der Waals surface area contributed by atoms with Crippen LogP contribution in [0.3, 0.4) is 0 Å². The van der Waals surface area contributed by atoms with Gasteiger partial charge in [0.2, 0.25) is 0 Å². The zero-order chi connectivity index (χ0) is 26.8. The lowest BCUT2D eigenvalue weighted by atomic mass is 9.84. The summed E-state index contributed by atoms with van der Waals surface area (Å²) in [6.07, 6.45) is 0. The normalized spacial score (nSPS) is 11.8. The van der Waals surface area contributed by atoms with Gasteiger partial charge in [-0.2, -0.15) is 0 Å². The Bertz CT molecular complexity index is 2240. The highest BCUT2D eigenvalue weighted by Gasteiger charge is 2.20. The van der Waals surface area contributed by atoms with E-state index < -0.39 is 0 Å². The van der Waals surface area contributed by atoms with Gasteiger partial charge in [-0.1, -0.05) is 109 Å². The number of rotatable bonds is 3. The average molecular weight is 513 g/mol. The molecular formula is C38H28N2. The molecule has 0 amide bonds. The highest BCUT2D eigenvalue weighted by Crippen LogP contribution is 2.45. The number of aromatic amines is 2. The zero-order valence-corrected chi connectivity index (χ0v) is 22.5. The summed E-state index contributed by atoms with van der Waals surface area (Å²) in [4.78, 5) is 7.52. The topological polar surface area (TPSA) is 31.6 Å². The molecule has 8 aromatic rings. The largest absolute Gasteiger partial charge is 0.354 e. The Balaban J connectivity index is 1.50. The lowest BCUT2D eigenvalue weighted by molar-refractivity contribution is 1.40. The maximum Gasteiger partial charge on any atom is 0.0544 e. The van der Waals surface area contributed by atoms with Gasteiger partial charge in [0.05, 0.1) is 11.0 Å². The number of nitrogens with one attached hydrogen (secondary N) is 2. The van der Waals surface area contributed by atoms with E-state index in [0.717, 1.165) is 11.0 Å². The van der Waals surface area contributed by atoms with Crippen LogP contribution < -0.4 is 0 Å². The third-order valence-corrected chi connectivity index (χ3v) is 8.54. The van der Waals surface area contributed by atoms with Crippen LogP contribution in [0.4, 0.5) is 0 Å². The summed E-state index contributed by atoms with van der Waals surface area (Å²) in [5.41, 5.74) is 14.7. The van der Waals surface area contributed by atoms with E-state index in [-0.39, 0.29) is 0 Å². The molecule has 2 aromatic heterocycles. The van der Waals surface area contributed by atoms with Gasteiger partial charge in [0.15, 0.2) is 0 Å². The Morgan fingerprint density at radius 2 is 0.875 bits per heavy atom. The number of H-pyrrole nitrogens is 2. The molecule has 0 spiro atoms. The number of para-hydroxylation sites is 4. The maximum atomic E-state index is 3.77. The molecule has 0 saturated carbocycles. The van der Waals surface area contributed by atoms with Crippen LogP contribution in [0.15, 0.2) is 121 Å². The van der Waals surface area contributed by atoms with Gasteiger partial charge < -0.3 is 9.97 Å². The maximum absolute atomic E-state index is 3.77. The smallest absolute Gasteiger partial charge is 0.0544 e. The molecule has 0 aliphatic rings. The first-order valence-corrected chi connectivity index (χ1v) is 13.9. The van der Waals surface area contributed by atoms with Crippen LogP contribution in [0.25, 0.3) is 77.0 Å². The van der Waals surface area contributed by atoms with Gasteiger partial charge in [-0.15, -0.1) is 0 Å². The van der Waals surface area contributed by atoms with E-state index in [0.29, 0.717) is 0 Å². The van der Waals surface area contributed by atoms with Crippen molar-refractivity contribution in [2.24, 2.45) is 0 Å². The van der Waals surface area contributed by atoms with E-state index in [4.69, 9.17) is 0 Å². The van der Waals surface area contributed by atoms with Crippen molar-refractivity contribution in [1.29, 1.82) is 0 Å². The molecule has 0 bridgehead atoms. The summed E-state index contributed by atoms with van der Waals surface area (Å²) in [5.74, 6) is 0. The summed E-state index contributed by atoms with van der Waals surface area (Å²) in [6.45, 7) is 4.49. The molecule has 8 rings (SSSR count). The quantitative estimate of drug-likeness (QED) is 0.236. The molecule has 40 heavy (non-hydrogen) atoms. The van der Waals surface area contributed by atoms with Crippen LogP contribution in [0.5, 0.6) is 0 Å². The summed E-state index contributed by atoms with van der Waals surface area (Å²) < 4.78 is 0. The van der Waals surface area contributed by atoms with Crippen molar-refractivity contribution in [1.82, 2.24) is 9.97 Å². The van der Waals surface area contributed by atoms with Gasteiger partial charge in [-0.05, 0) is 59.4 Å². The first kappa shape index (κ1) is 22.9. The Labute approximate surface area is 232 Å². The fraction of sp³-hybridized carbons (Fsp3) is 0.0526. The minimum absolute atomic E-state index is 1.16. The third kappa shape index (κ3) is 3.29. The van der Waals surface area contributed by atoms with Gasteiger partial charge in [-0.3, -0.25) is 0 Å². The second-order valence-corrected chi connectivity index (χ2v) is 10.8. The molecule has 0 atom stereocenters. The van der Waals surface area contributed by atoms with E-state index in [2.05, 4.69) is 145 Å². The van der Waals surface area contributed by atoms with Crippen LogP contribution >= 0.6 is 0 Å². The first-order valence-electron chi connectivity index (χ1n) is 13.9. The molecular weight excluding hydrogens is 484 g/mol. The average Bonchev–Trinajstić information content (AvgIpc) is 3.56. The molecule has 0 aliphatic carbocycles. The van der Waals surface area contributed by atoms with Gasteiger partial charge in [0.1, 0.15) is 0 Å². The lowest BCUT2D eigenvalue weighted by Crippen LogP contribution is -1.95. The van der Waals surface area contributed by atoms with Crippen molar-refractivity contribution in [3.05, 3.63) is 132 Å². The standard InChI is InChI=1S/C38H28N2/c1-23-11-3-4-12-25(23)26-21-22-29(32-17-9-15-30-27-13-5-7-19-34(27)39-37(30)32)36(24(26)2)33-18-10-16-31-28-14-6-8-20-35(28)40-38(31)33/h3-22,39-40H,1-2H3. The van der Waals surface area contributed by atoms with Gasteiger partial charge >= 0.3 is 0 Å². The summed E-state index contributed by atoms with van der Waals surface area (Å²) in [5, 5.41) is 5.02. The SMILES string of the molecule is Cc1ccccc1-c1ccc(-c2cccc3c2[nH]c2ccccc23)c(-c2cccc3c2[nH]c2ccccc23)c1C. The number of hydrogen-bond acceptors (Lipinski definition) is 0. The number of benzene rings is 6. The highest BCUT2D eigenvalue weighted by molar-refractivity contribution is 6.16. The number of hydrogen-bond donors (Lipinski definition) is 2. The molecule has 190 valence electrons. The second kappa shape index (κ2) is 8.72. The van der Waals surface area contributed by atoms with Crippen LogP contribution in [0.1, 0.15) is 11.1 Å². The lowest BCUT2D eigenvalue weighted by Gasteiger charge is -2.19. The second-order valence-electron chi connectivity index (χ2n) is 10.8. The van der Waals surface area contributed by atoms with Crippen molar-refractivity contribution in [2.45, 2.75) is 13.8 Å². The molecule has 6 aromatic carbocycles. The summed E-state index contributed by atoms with van der Waals surface area (Å²) >= 11 is 0. The van der Waals surface area contributed by atoms with Crippen molar-refractivity contribution < 1.29 is 0 Å². The Kier molecular flexibility index (Phi) is 4.99. The number of aromatic nitrogens is 2. The minimum Gasteiger partial charge on any atom is -0.354 e. The van der Waals surface area contributed by atoms with Crippen molar-refractivity contribution in [2.75, 3.05) is 0 Å². The fourth-order valence-corrected chi connectivity index (χ4v) is 6.63. The Morgan fingerprint density at radius 3 is 1.55 bits per heavy atom. The number of fused-ring (bicyclic) bond motifs is 6. The zero-order valence-electron chi connectivity index (χ0n) is 22.5. The molecule has 0 fully saturated rings. The molecule has 2 heteroatoms. The van der Waals surface area contributed by atoms with E-state index in [9.17, 15) is 0 Å². The summed E-state index contributed by atoms with van der Waals surface area (Å²) in [6, 6.07) is 43.9. The molecule has 0 radical (unpaired) electrons. The van der Waals surface area contributed by atoms with Crippen LogP contribution in [-0.2, 0) is 0 Å². The Hall–Kier alpha value is -5.08. The third-order valence-electron chi connectivity index (χ3n) is 8.54. The summed E-state index contributed by atoms with van der Waals surface area (Å²) in [7, 11) is 0. The van der Waals surface area contributed by atoms with E-state index in [1.54, 1.807) is 0 Å². The Morgan fingerprint density at radius 1 is 0.375 bits per heavy atom. The highest BCUT2D eigenvalue weighted by atomic mass is 14.7. The molecule has 0 unspecified atom stereocenters. The van der Waals surface area contributed by atoms with Crippen LogP contribution in [0, 0.1) is 13.8 Å². The number of aryl methyl sites for hydroxylation is 1. The van der Waals surface area contributed by atoms with Crippen molar-refractivity contribution in [3.63, 3.8) is 0 Å². The monoisotopic (exact) mass is 512 g/mol. The predicted octanol–water partition coefficient (Wildman–Crippen LogP) is 10.6. The minimum atomic E-state index is 1.16. The first-order chi connectivity index (χ1) is 19.7. The van der Waals surface area contributed by atoms with Gasteiger partial charge in [0, 0.05) is 43.7 Å². The molecule has 2 nitrogen and oxygen atoms in total. The molecule has 0 saturated heterocycles. The predicted molar refractivity (Wildman–Crippen MR) is 171 cm³/mol. The molecule has 0 aliphatic heterocycles. The van der Waals surface area contributed by atoms with Gasteiger partial charge in [0.25, 0.3) is 0 Å². The van der Waals surface area contributed by atoms with Gasteiger partial charge in [-0.25, -0.2) is 0 Å². The van der Waals surface area contributed by atoms with Crippen LogP contribution in [-0.4, -0.2) is 9.97 Å². The van der Waals surface area contributed by atoms with E-state index in [1.807, 2.05) is 0 Å². The molecule has 2 N–H and O–H groups in total. The van der Waals surface area contributed by atoms with Crippen molar-refractivity contribution in [3.8, 4) is 33.4 Å². The van der Waals surface area contributed by atoms with E-state index >= 15 is 0 Å².